The molecule has 4 heterocycles. The zero-order chi connectivity index (χ0) is 18.4. The second-order valence-corrected chi connectivity index (χ2v) is 7.62. The highest BCUT2D eigenvalue weighted by molar-refractivity contribution is 5.95. The summed E-state index contributed by atoms with van der Waals surface area (Å²) in [7, 11) is 0. The van der Waals surface area contributed by atoms with Gasteiger partial charge in [-0.3, -0.25) is 9.89 Å². The van der Waals surface area contributed by atoms with Crippen LogP contribution in [0, 0.1) is 6.92 Å². The summed E-state index contributed by atoms with van der Waals surface area (Å²) < 4.78 is 1.73. The van der Waals surface area contributed by atoms with Gasteiger partial charge in [0.2, 0.25) is 0 Å². The molecule has 2 aliphatic rings. The van der Waals surface area contributed by atoms with Crippen molar-refractivity contribution in [2.24, 2.45) is 0 Å². The third-order valence-electron chi connectivity index (χ3n) is 6.09. The number of likely N-dealkylation sites (tertiary alicyclic amines) is 1. The average molecular weight is 362 g/mol. The molecule has 1 fully saturated rings. The number of carbonyl (C=O) groups is 1. The molecule has 7 heteroatoms. The SMILES string of the molecule is Cc1c(C(=O)N2CCCC3(CCc4cn[nH]c43)C2)cnn1-c1ccccn1. The molecular weight excluding hydrogens is 340 g/mol. The highest BCUT2D eigenvalue weighted by atomic mass is 16.2. The van der Waals surface area contributed by atoms with Crippen molar-refractivity contribution in [3.05, 3.63) is 59.3 Å². The summed E-state index contributed by atoms with van der Waals surface area (Å²) in [6.45, 7) is 3.46. The molecule has 1 atom stereocenters. The van der Waals surface area contributed by atoms with Gasteiger partial charge in [-0.25, -0.2) is 9.67 Å². The Hall–Kier alpha value is -2.96. The molecule has 1 saturated heterocycles. The number of aromatic amines is 1. The van der Waals surface area contributed by atoms with Crippen molar-refractivity contribution in [1.29, 1.82) is 0 Å². The molecule has 1 aliphatic heterocycles. The highest BCUT2D eigenvalue weighted by Crippen LogP contribution is 2.44. The summed E-state index contributed by atoms with van der Waals surface area (Å²) in [4.78, 5) is 19.6. The maximum absolute atomic E-state index is 13.3. The number of pyridine rings is 1. The van der Waals surface area contributed by atoms with Crippen molar-refractivity contribution in [1.82, 2.24) is 29.9 Å². The molecule has 5 rings (SSSR count). The number of aromatic nitrogens is 5. The molecule has 1 amide bonds. The number of hydrogen-bond acceptors (Lipinski definition) is 4. The van der Waals surface area contributed by atoms with Gasteiger partial charge in [0.15, 0.2) is 5.82 Å². The number of fused-ring (bicyclic) bond motifs is 2. The molecule has 0 aromatic carbocycles. The number of nitrogens with zero attached hydrogens (tertiary/aromatic N) is 5. The fourth-order valence-corrected chi connectivity index (χ4v) is 4.67. The molecule has 1 aliphatic carbocycles. The lowest BCUT2D eigenvalue weighted by atomic mass is 9.77. The van der Waals surface area contributed by atoms with Crippen LogP contribution >= 0.6 is 0 Å². The molecule has 0 bridgehead atoms. The average Bonchev–Trinajstić information content (AvgIpc) is 3.40. The fraction of sp³-hybridized carbons (Fsp3) is 0.400. The van der Waals surface area contributed by atoms with Gasteiger partial charge in [0.05, 0.1) is 23.7 Å². The Kier molecular flexibility index (Phi) is 3.63. The van der Waals surface area contributed by atoms with Gasteiger partial charge in [-0.1, -0.05) is 6.07 Å². The molecule has 7 nitrogen and oxygen atoms in total. The summed E-state index contributed by atoms with van der Waals surface area (Å²) >= 11 is 0. The lowest BCUT2D eigenvalue weighted by Crippen LogP contribution is -2.48. The van der Waals surface area contributed by atoms with Crippen LogP contribution in [0.15, 0.2) is 36.8 Å². The van der Waals surface area contributed by atoms with Gasteiger partial charge in [-0.15, -0.1) is 0 Å². The van der Waals surface area contributed by atoms with Crippen molar-refractivity contribution in [2.45, 2.75) is 38.0 Å². The largest absolute Gasteiger partial charge is 0.338 e. The molecular formula is C20H22N6O. The van der Waals surface area contributed by atoms with Crippen molar-refractivity contribution < 1.29 is 4.79 Å². The second kappa shape index (κ2) is 6.04. The lowest BCUT2D eigenvalue weighted by Gasteiger charge is -2.40. The van der Waals surface area contributed by atoms with Crippen LogP contribution in [0.25, 0.3) is 5.82 Å². The number of aryl methyl sites for hydroxylation is 1. The van der Waals surface area contributed by atoms with Crippen LogP contribution in [0.4, 0.5) is 0 Å². The molecule has 1 unspecified atom stereocenters. The van der Waals surface area contributed by atoms with Gasteiger partial charge >= 0.3 is 0 Å². The number of H-pyrrole nitrogens is 1. The Labute approximate surface area is 157 Å². The molecule has 1 spiro atoms. The number of piperidine rings is 1. The third kappa shape index (κ3) is 2.49. The van der Waals surface area contributed by atoms with Gasteiger partial charge in [0, 0.05) is 30.4 Å². The Morgan fingerprint density at radius 2 is 2.19 bits per heavy atom. The number of rotatable bonds is 2. The number of hydrogen-bond donors (Lipinski definition) is 1. The van der Waals surface area contributed by atoms with E-state index in [2.05, 4.69) is 20.3 Å². The molecule has 3 aromatic rings. The first kappa shape index (κ1) is 16.2. The monoisotopic (exact) mass is 362 g/mol. The first-order valence-corrected chi connectivity index (χ1v) is 9.46. The molecule has 1 N–H and O–H groups in total. The zero-order valence-electron chi connectivity index (χ0n) is 15.4. The van der Waals surface area contributed by atoms with Gasteiger partial charge in [0.25, 0.3) is 5.91 Å². The van der Waals surface area contributed by atoms with Crippen LogP contribution in [-0.4, -0.2) is 48.9 Å². The van der Waals surface area contributed by atoms with Crippen molar-refractivity contribution in [3.63, 3.8) is 0 Å². The minimum Gasteiger partial charge on any atom is -0.338 e. The van der Waals surface area contributed by atoms with Crippen LogP contribution < -0.4 is 0 Å². The normalized spacial score (nSPS) is 21.6. The van der Waals surface area contributed by atoms with Crippen LogP contribution in [0.2, 0.25) is 0 Å². The summed E-state index contributed by atoms with van der Waals surface area (Å²) in [5.74, 6) is 0.781. The van der Waals surface area contributed by atoms with Crippen LogP contribution in [0.1, 0.15) is 46.6 Å². The predicted molar refractivity (Wildman–Crippen MR) is 99.8 cm³/mol. The number of amides is 1. The fourth-order valence-electron chi connectivity index (χ4n) is 4.67. The summed E-state index contributed by atoms with van der Waals surface area (Å²) in [5, 5.41) is 11.8. The molecule has 0 saturated carbocycles. The summed E-state index contributed by atoms with van der Waals surface area (Å²) in [5.41, 5.74) is 4.06. The predicted octanol–water partition coefficient (Wildman–Crippen LogP) is 2.42. The minimum absolute atomic E-state index is 0.0324. The molecule has 138 valence electrons. The Morgan fingerprint density at radius 1 is 1.26 bits per heavy atom. The first-order chi connectivity index (χ1) is 13.2. The van der Waals surface area contributed by atoms with Gasteiger partial charge in [0.1, 0.15) is 0 Å². The van der Waals surface area contributed by atoms with E-state index in [1.807, 2.05) is 36.2 Å². The molecule has 3 aromatic heterocycles. The van der Waals surface area contributed by atoms with Crippen molar-refractivity contribution in [3.8, 4) is 5.82 Å². The standard InChI is InChI=1S/C20H22N6O/c1-14-16(12-23-26(14)17-5-2-3-9-21-17)19(27)25-10-4-7-20(13-25)8-6-15-11-22-24-18(15)20/h2-3,5,9,11-12H,4,6-8,10,13H2,1H3,(H,22,24). The summed E-state index contributed by atoms with van der Waals surface area (Å²) in [6.07, 6.45) is 9.59. The third-order valence-corrected chi connectivity index (χ3v) is 6.09. The maximum Gasteiger partial charge on any atom is 0.257 e. The first-order valence-electron chi connectivity index (χ1n) is 9.46. The zero-order valence-corrected chi connectivity index (χ0v) is 15.4. The van der Waals surface area contributed by atoms with E-state index < -0.39 is 0 Å². The van der Waals surface area contributed by atoms with E-state index in [0.717, 1.165) is 50.3 Å². The van der Waals surface area contributed by atoms with E-state index in [9.17, 15) is 4.79 Å². The van der Waals surface area contributed by atoms with Crippen LogP contribution in [0.5, 0.6) is 0 Å². The van der Waals surface area contributed by atoms with E-state index >= 15 is 0 Å². The number of nitrogens with one attached hydrogen (secondary N) is 1. The van der Waals surface area contributed by atoms with E-state index in [-0.39, 0.29) is 11.3 Å². The van der Waals surface area contributed by atoms with Crippen molar-refractivity contribution in [2.75, 3.05) is 13.1 Å². The van der Waals surface area contributed by atoms with E-state index in [0.29, 0.717) is 5.56 Å². The van der Waals surface area contributed by atoms with Crippen LogP contribution in [0.3, 0.4) is 0 Å². The quantitative estimate of drug-likeness (QED) is 0.759. The van der Waals surface area contributed by atoms with Crippen LogP contribution in [-0.2, 0) is 11.8 Å². The number of carbonyl (C=O) groups excluding carboxylic acids is 1. The van der Waals surface area contributed by atoms with Gasteiger partial charge in [-0.2, -0.15) is 10.2 Å². The Morgan fingerprint density at radius 3 is 3.04 bits per heavy atom. The van der Waals surface area contributed by atoms with Crippen molar-refractivity contribution >= 4 is 5.91 Å². The van der Waals surface area contributed by atoms with E-state index in [1.165, 1.54) is 11.3 Å². The Bertz CT molecular complexity index is 991. The topological polar surface area (TPSA) is 79.7 Å². The summed E-state index contributed by atoms with van der Waals surface area (Å²) in [6, 6.07) is 5.68. The maximum atomic E-state index is 13.3. The Balaban J connectivity index is 1.43. The second-order valence-electron chi connectivity index (χ2n) is 7.62. The molecule has 27 heavy (non-hydrogen) atoms. The highest BCUT2D eigenvalue weighted by Gasteiger charge is 2.44. The van der Waals surface area contributed by atoms with E-state index in [4.69, 9.17) is 0 Å². The molecule has 0 radical (unpaired) electrons. The van der Waals surface area contributed by atoms with E-state index in [1.54, 1.807) is 17.1 Å². The van der Waals surface area contributed by atoms with Gasteiger partial charge in [-0.05, 0) is 50.3 Å². The van der Waals surface area contributed by atoms with Gasteiger partial charge < -0.3 is 4.90 Å². The lowest BCUT2D eigenvalue weighted by molar-refractivity contribution is 0.0632. The minimum atomic E-state index is 0.0324. The smallest absolute Gasteiger partial charge is 0.257 e.